The third-order valence-electron chi connectivity index (χ3n) is 2.45. The molecule has 2 unspecified atom stereocenters. The zero-order chi connectivity index (χ0) is 10.8. The molecule has 1 aromatic heterocycles. The van der Waals surface area contributed by atoms with Crippen molar-refractivity contribution in [1.82, 2.24) is 0 Å². The second-order valence-electron chi connectivity index (χ2n) is 3.50. The van der Waals surface area contributed by atoms with E-state index in [1.807, 2.05) is 0 Å². The molecule has 0 spiro atoms. The number of carboxylic acid groups (broad SMARTS) is 1. The van der Waals surface area contributed by atoms with E-state index >= 15 is 0 Å². The van der Waals surface area contributed by atoms with E-state index in [1.54, 1.807) is 11.8 Å². The van der Waals surface area contributed by atoms with Crippen molar-refractivity contribution in [3.63, 3.8) is 0 Å². The Labute approximate surface area is 91.3 Å². The van der Waals surface area contributed by atoms with Crippen molar-refractivity contribution in [2.24, 2.45) is 0 Å². The average Bonchev–Trinajstić information content (AvgIpc) is 2.88. The van der Waals surface area contributed by atoms with Crippen molar-refractivity contribution in [3.8, 4) is 0 Å². The lowest BCUT2D eigenvalue weighted by atomic mass is 10.1. The Kier molecular flexibility index (Phi) is 3.02. The first-order chi connectivity index (χ1) is 7.18. The Morgan fingerprint density at radius 1 is 1.60 bits per heavy atom. The van der Waals surface area contributed by atoms with Crippen LogP contribution in [0.3, 0.4) is 0 Å². The van der Waals surface area contributed by atoms with Gasteiger partial charge in [0.05, 0.1) is 0 Å². The van der Waals surface area contributed by atoms with Crippen LogP contribution in [0.5, 0.6) is 0 Å². The van der Waals surface area contributed by atoms with Crippen molar-refractivity contribution in [3.05, 3.63) is 23.7 Å². The van der Waals surface area contributed by atoms with Crippen molar-refractivity contribution < 1.29 is 19.4 Å². The van der Waals surface area contributed by atoms with Gasteiger partial charge in [-0.1, -0.05) is 0 Å². The molecule has 1 fully saturated rings. The zero-order valence-electron chi connectivity index (χ0n) is 8.05. The summed E-state index contributed by atoms with van der Waals surface area (Å²) in [6.07, 6.45) is 1.36. The Balaban J connectivity index is 2.10. The number of thioether (sulfide) groups is 1. The van der Waals surface area contributed by atoms with Crippen LogP contribution in [0, 0.1) is 0 Å². The molecule has 15 heavy (non-hydrogen) atoms. The van der Waals surface area contributed by atoms with Gasteiger partial charge in [-0.05, 0) is 30.7 Å². The van der Waals surface area contributed by atoms with Gasteiger partial charge in [0.15, 0.2) is 0 Å². The van der Waals surface area contributed by atoms with E-state index in [-0.39, 0.29) is 11.0 Å². The zero-order valence-corrected chi connectivity index (χ0v) is 8.87. The summed E-state index contributed by atoms with van der Waals surface area (Å²) in [4.78, 5) is 10.6. The van der Waals surface area contributed by atoms with Gasteiger partial charge in [-0.3, -0.25) is 0 Å². The highest BCUT2D eigenvalue weighted by molar-refractivity contribution is 8.00. The van der Waals surface area contributed by atoms with Crippen molar-refractivity contribution >= 4 is 17.7 Å². The molecule has 1 aromatic rings. The molecule has 2 rings (SSSR count). The Bertz CT molecular complexity index is 354. The molecule has 1 saturated heterocycles. The van der Waals surface area contributed by atoms with Gasteiger partial charge in [0.1, 0.15) is 11.9 Å². The quantitative estimate of drug-likeness (QED) is 0.826. The molecule has 2 heterocycles. The van der Waals surface area contributed by atoms with E-state index in [9.17, 15) is 9.90 Å². The predicted octanol–water partition coefficient (Wildman–Crippen LogP) is 1.91. The predicted molar refractivity (Wildman–Crippen MR) is 56.1 cm³/mol. The van der Waals surface area contributed by atoms with Gasteiger partial charge in [0.25, 0.3) is 0 Å². The first-order valence-electron chi connectivity index (χ1n) is 4.81. The smallest absolute Gasteiger partial charge is 0.371 e. The minimum atomic E-state index is -1.10. The van der Waals surface area contributed by atoms with Crippen molar-refractivity contribution in [2.45, 2.75) is 24.2 Å². The maximum Gasteiger partial charge on any atom is 0.371 e. The third-order valence-corrected chi connectivity index (χ3v) is 3.89. The minimum Gasteiger partial charge on any atom is -0.475 e. The van der Waals surface area contributed by atoms with Gasteiger partial charge >= 0.3 is 5.97 Å². The largest absolute Gasteiger partial charge is 0.475 e. The van der Waals surface area contributed by atoms with Crippen LogP contribution in [0.4, 0.5) is 0 Å². The number of aromatic carboxylic acids is 1. The molecular formula is C10H12O4S. The maximum absolute atomic E-state index is 10.6. The molecule has 0 radical (unpaired) electrons. The molecule has 82 valence electrons. The number of aliphatic hydroxyl groups excluding tert-OH is 1. The van der Waals surface area contributed by atoms with Gasteiger partial charge in [-0.15, -0.1) is 0 Å². The van der Waals surface area contributed by atoms with Gasteiger partial charge < -0.3 is 14.6 Å². The summed E-state index contributed by atoms with van der Waals surface area (Å²) in [6.45, 7) is 0. The molecule has 0 bridgehead atoms. The second kappa shape index (κ2) is 4.28. The van der Waals surface area contributed by atoms with Gasteiger partial charge in [0.2, 0.25) is 5.76 Å². The van der Waals surface area contributed by atoms with Crippen molar-refractivity contribution in [1.29, 1.82) is 0 Å². The van der Waals surface area contributed by atoms with Crippen LogP contribution < -0.4 is 0 Å². The molecule has 2 N–H and O–H groups in total. The molecular weight excluding hydrogens is 216 g/mol. The highest BCUT2D eigenvalue weighted by Crippen LogP contribution is 2.36. The third kappa shape index (κ3) is 2.18. The molecule has 1 aliphatic heterocycles. The molecule has 0 aliphatic carbocycles. The lowest BCUT2D eigenvalue weighted by Gasteiger charge is -2.13. The van der Waals surface area contributed by atoms with E-state index in [2.05, 4.69) is 0 Å². The number of rotatable bonds is 3. The molecule has 2 atom stereocenters. The number of carboxylic acids is 1. The highest BCUT2D eigenvalue weighted by atomic mass is 32.2. The summed E-state index contributed by atoms with van der Waals surface area (Å²) in [6, 6.07) is 2.91. The van der Waals surface area contributed by atoms with Crippen LogP contribution in [-0.2, 0) is 0 Å². The van der Waals surface area contributed by atoms with Gasteiger partial charge in [-0.25, -0.2) is 4.79 Å². The van der Waals surface area contributed by atoms with Gasteiger partial charge in [0, 0.05) is 5.25 Å². The lowest BCUT2D eigenvalue weighted by molar-refractivity contribution is 0.0651. The SMILES string of the molecule is O=C(O)c1ccc(C(O)C2CCCS2)o1. The van der Waals surface area contributed by atoms with Crippen LogP contribution in [0.2, 0.25) is 0 Å². The van der Waals surface area contributed by atoms with E-state index in [4.69, 9.17) is 9.52 Å². The molecule has 5 heteroatoms. The Morgan fingerprint density at radius 3 is 2.93 bits per heavy atom. The maximum atomic E-state index is 10.6. The number of aliphatic hydroxyl groups is 1. The van der Waals surface area contributed by atoms with Crippen molar-refractivity contribution in [2.75, 3.05) is 5.75 Å². The fourth-order valence-corrected chi connectivity index (χ4v) is 2.95. The molecule has 0 aromatic carbocycles. The second-order valence-corrected chi connectivity index (χ2v) is 4.85. The summed E-state index contributed by atoms with van der Waals surface area (Å²) in [5.41, 5.74) is 0. The van der Waals surface area contributed by atoms with E-state index in [0.717, 1.165) is 18.6 Å². The van der Waals surface area contributed by atoms with Crippen LogP contribution in [0.25, 0.3) is 0 Å². The standard InChI is InChI=1S/C10H12O4S/c11-9(8-2-1-5-15-8)6-3-4-7(14-6)10(12)13/h3-4,8-9,11H,1-2,5H2,(H,12,13). The number of hydrogen-bond donors (Lipinski definition) is 2. The Morgan fingerprint density at radius 2 is 2.40 bits per heavy atom. The Hall–Kier alpha value is -0.940. The summed E-state index contributed by atoms with van der Waals surface area (Å²) < 4.78 is 5.06. The average molecular weight is 228 g/mol. The summed E-state index contributed by atoms with van der Waals surface area (Å²) >= 11 is 1.71. The van der Waals surface area contributed by atoms with E-state index < -0.39 is 12.1 Å². The van der Waals surface area contributed by atoms with Crippen LogP contribution in [-0.4, -0.2) is 27.2 Å². The molecule has 4 nitrogen and oxygen atoms in total. The van der Waals surface area contributed by atoms with Crippen LogP contribution >= 0.6 is 11.8 Å². The number of carbonyl (C=O) groups is 1. The molecule has 0 saturated carbocycles. The monoisotopic (exact) mass is 228 g/mol. The molecule has 1 aliphatic rings. The normalized spacial score (nSPS) is 22.9. The summed E-state index contributed by atoms with van der Waals surface area (Å²) in [7, 11) is 0. The first-order valence-corrected chi connectivity index (χ1v) is 5.86. The first kappa shape index (κ1) is 10.6. The fourth-order valence-electron chi connectivity index (χ4n) is 1.66. The topological polar surface area (TPSA) is 70.7 Å². The number of furan rings is 1. The summed E-state index contributed by atoms with van der Waals surface area (Å²) in [5, 5.41) is 18.7. The van der Waals surface area contributed by atoms with Gasteiger partial charge in [-0.2, -0.15) is 11.8 Å². The summed E-state index contributed by atoms with van der Waals surface area (Å²) in [5.74, 6) is 0.181. The van der Waals surface area contributed by atoms with Crippen LogP contribution in [0.1, 0.15) is 35.3 Å². The van der Waals surface area contributed by atoms with E-state index in [1.165, 1.54) is 12.1 Å². The fraction of sp³-hybridized carbons (Fsp3) is 0.500. The highest BCUT2D eigenvalue weighted by Gasteiger charge is 2.27. The lowest BCUT2D eigenvalue weighted by Crippen LogP contribution is -2.10. The molecule has 0 amide bonds. The van der Waals surface area contributed by atoms with E-state index in [0.29, 0.717) is 5.76 Å². The van der Waals surface area contributed by atoms with Crippen LogP contribution in [0.15, 0.2) is 16.5 Å². The minimum absolute atomic E-state index is 0.118. The number of hydrogen-bond acceptors (Lipinski definition) is 4.